The second-order valence-corrected chi connectivity index (χ2v) is 9.05. The molecule has 4 rings (SSSR count). The second-order valence-electron chi connectivity index (χ2n) is 6.32. The Bertz CT molecular complexity index is 910. The monoisotopic (exact) mass is 415 g/mol. The van der Waals surface area contributed by atoms with E-state index in [-0.39, 0.29) is 0 Å². The van der Waals surface area contributed by atoms with Gasteiger partial charge in [-0.2, -0.15) is 17.0 Å². The molecule has 0 saturated carbocycles. The number of halogens is 2. The van der Waals surface area contributed by atoms with Gasteiger partial charge in [-0.25, -0.2) is 0 Å². The zero-order valence-electron chi connectivity index (χ0n) is 14.0. The summed E-state index contributed by atoms with van der Waals surface area (Å²) in [5.41, 5.74) is 1.63. The van der Waals surface area contributed by atoms with Crippen molar-refractivity contribution in [1.82, 2.24) is 13.2 Å². The molecule has 0 aliphatic carbocycles. The Morgan fingerprint density at radius 1 is 1.04 bits per heavy atom. The van der Waals surface area contributed by atoms with Crippen molar-refractivity contribution in [2.24, 2.45) is 0 Å². The lowest BCUT2D eigenvalue weighted by molar-refractivity contribution is 0.0689. The highest BCUT2D eigenvalue weighted by atomic mass is 35.5. The molecule has 2 aromatic rings. The molecular weight excluding hydrogens is 397 g/mol. The van der Waals surface area contributed by atoms with Crippen LogP contribution in [0.3, 0.4) is 0 Å². The lowest BCUT2D eigenvalue weighted by Gasteiger charge is -2.40. The Hall–Kier alpha value is -1.09. The zero-order chi connectivity index (χ0) is 18.3. The van der Waals surface area contributed by atoms with Crippen molar-refractivity contribution in [3.8, 4) is 0 Å². The summed E-state index contributed by atoms with van der Waals surface area (Å²) in [5, 5.41) is 0.979. The highest BCUT2D eigenvalue weighted by Gasteiger charge is 2.41. The van der Waals surface area contributed by atoms with Gasteiger partial charge in [0.05, 0.1) is 19.3 Å². The van der Waals surface area contributed by atoms with Crippen molar-refractivity contribution in [3.05, 3.63) is 57.8 Å². The summed E-state index contributed by atoms with van der Waals surface area (Å²) < 4.78 is 37.1. The van der Waals surface area contributed by atoms with Crippen LogP contribution in [0.1, 0.15) is 17.3 Å². The van der Waals surface area contributed by atoms with Crippen LogP contribution in [-0.4, -0.2) is 54.4 Å². The predicted molar refractivity (Wildman–Crippen MR) is 101 cm³/mol. The molecule has 2 aliphatic rings. The number of ether oxygens (including phenoxy) is 1. The number of nitrogens with zero attached hydrogens (tertiary/aromatic N) is 3. The smallest absolute Gasteiger partial charge is 0.283 e. The topological polar surface area (TPSA) is 54.8 Å². The molecule has 1 unspecified atom stereocenters. The first kappa shape index (κ1) is 18.3. The number of fused-ring (bicyclic) bond motifs is 1. The van der Waals surface area contributed by atoms with Crippen molar-refractivity contribution >= 4 is 33.4 Å². The van der Waals surface area contributed by atoms with E-state index in [1.807, 2.05) is 18.3 Å². The fourth-order valence-electron chi connectivity index (χ4n) is 3.57. The number of hydrogen-bond acceptors (Lipinski definition) is 3. The third kappa shape index (κ3) is 3.17. The summed E-state index contributed by atoms with van der Waals surface area (Å²) in [5.74, 6) is 0. The van der Waals surface area contributed by atoms with Gasteiger partial charge in [-0.15, -0.1) is 0 Å². The van der Waals surface area contributed by atoms with Crippen molar-refractivity contribution in [2.45, 2.75) is 12.6 Å². The minimum atomic E-state index is -3.65. The number of aromatic nitrogens is 1. The Labute approximate surface area is 163 Å². The van der Waals surface area contributed by atoms with Crippen LogP contribution in [0.5, 0.6) is 0 Å². The molecule has 1 saturated heterocycles. The molecule has 0 N–H and O–H groups in total. The van der Waals surface area contributed by atoms with Crippen LogP contribution >= 0.6 is 23.2 Å². The fourth-order valence-corrected chi connectivity index (χ4v) is 5.79. The first-order valence-corrected chi connectivity index (χ1v) is 10.6. The zero-order valence-corrected chi connectivity index (χ0v) is 16.3. The van der Waals surface area contributed by atoms with Crippen LogP contribution in [-0.2, 0) is 21.5 Å². The van der Waals surface area contributed by atoms with E-state index in [2.05, 4.69) is 4.57 Å². The fraction of sp³-hybridized carbons (Fsp3) is 0.412. The summed E-state index contributed by atoms with van der Waals surface area (Å²) >= 11 is 12.5. The Balaban J connectivity index is 1.80. The molecule has 9 heteroatoms. The normalized spacial score (nSPS) is 22.3. The second kappa shape index (κ2) is 7.14. The standard InChI is InChI=1S/C17H19Cl2N3O3S/c18-13-3-4-14(15(19)12-13)17-16-2-1-5-20(16)6-7-22(17)26(23,24)21-8-10-25-11-9-21/h1-5,12,17H,6-11H2. The van der Waals surface area contributed by atoms with Crippen LogP contribution in [0.2, 0.25) is 10.0 Å². The largest absolute Gasteiger partial charge is 0.379 e. The third-order valence-corrected chi connectivity index (χ3v) is 7.41. The molecular formula is C17H19Cl2N3O3S. The highest BCUT2D eigenvalue weighted by molar-refractivity contribution is 7.86. The molecule has 26 heavy (non-hydrogen) atoms. The Morgan fingerprint density at radius 2 is 1.81 bits per heavy atom. The lowest BCUT2D eigenvalue weighted by Crippen LogP contribution is -2.52. The Kier molecular flexibility index (Phi) is 5.02. The molecule has 0 spiro atoms. The van der Waals surface area contributed by atoms with Gasteiger partial charge < -0.3 is 9.30 Å². The minimum Gasteiger partial charge on any atom is -0.379 e. The molecule has 1 aromatic carbocycles. The molecule has 0 radical (unpaired) electrons. The van der Waals surface area contributed by atoms with Crippen molar-refractivity contribution in [2.75, 3.05) is 32.8 Å². The van der Waals surface area contributed by atoms with E-state index >= 15 is 0 Å². The lowest BCUT2D eigenvalue weighted by atomic mass is 10.0. The average Bonchev–Trinajstić information content (AvgIpc) is 3.11. The van der Waals surface area contributed by atoms with E-state index < -0.39 is 16.3 Å². The van der Waals surface area contributed by atoms with Crippen LogP contribution in [0.4, 0.5) is 0 Å². The minimum absolute atomic E-state index is 0.362. The number of benzene rings is 1. The number of rotatable bonds is 3. The van der Waals surface area contributed by atoms with Crippen LogP contribution in [0.15, 0.2) is 36.5 Å². The summed E-state index contributed by atoms with van der Waals surface area (Å²) in [6, 6.07) is 8.58. The summed E-state index contributed by atoms with van der Waals surface area (Å²) in [6.07, 6.45) is 1.96. The van der Waals surface area contributed by atoms with Gasteiger partial charge >= 0.3 is 0 Å². The van der Waals surface area contributed by atoms with Crippen LogP contribution < -0.4 is 0 Å². The van der Waals surface area contributed by atoms with Crippen molar-refractivity contribution in [1.29, 1.82) is 0 Å². The van der Waals surface area contributed by atoms with Crippen LogP contribution in [0.25, 0.3) is 0 Å². The van der Waals surface area contributed by atoms with E-state index in [9.17, 15) is 8.42 Å². The quantitative estimate of drug-likeness (QED) is 0.774. The number of hydrogen-bond donors (Lipinski definition) is 0. The molecule has 1 fully saturated rings. The Morgan fingerprint density at radius 3 is 2.54 bits per heavy atom. The molecule has 0 bridgehead atoms. The van der Waals surface area contributed by atoms with E-state index in [0.717, 1.165) is 11.3 Å². The summed E-state index contributed by atoms with van der Waals surface area (Å²) in [6.45, 7) is 2.53. The van der Waals surface area contributed by atoms with Gasteiger partial charge in [0.25, 0.3) is 10.2 Å². The maximum absolute atomic E-state index is 13.4. The van der Waals surface area contributed by atoms with Crippen molar-refractivity contribution in [3.63, 3.8) is 0 Å². The highest BCUT2D eigenvalue weighted by Crippen LogP contribution is 2.39. The first-order valence-electron chi connectivity index (χ1n) is 8.43. The molecule has 140 valence electrons. The predicted octanol–water partition coefficient (Wildman–Crippen LogP) is 2.78. The van der Waals surface area contributed by atoms with Crippen LogP contribution in [0, 0.1) is 0 Å². The van der Waals surface area contributed by atoms with E-state index in [0.29, 0.717) is 49.4 Å². The van der Waals surface area contributed by atoms with Gasteiger partial charge in [0, 0.05) is 48.1 Å². The van der Waals surface area contributed by atoms with E-state index in [4.69, 9.17) is 27.9 Å². The van der Waals surface area contributed by atoms with Gasteiger partial charge in [0.2, 0.25) is 0 Å². The first-order chi connectivity index (χ1) is 12.5. The maximum atomic E-state index is 13.4. The molecule has 6 nitrogen and oxygen atoms in total. The summed E-state index contributed by atoms with van der Waals surface area (Å²) in [7, 11) is -3.65. The van der Waals surface area contributed by atoms with E-state index in [1.54, 1.807) is 22.5 Å². The summed E-state index contributed by atoms with van der Waals surface area (Å²) in [4.78, 5) is 0. The van der Waals surface area contributed by atoms with Crippen molar-refractivity contribution < 1.29 is 13.2 Å². The maximum Gasteiger partial charge on any atom is 0.283 e. The molecule has 2 aliphatic heterocycles. The van der Waals surface area contributed by atoms with Gasteiger partial charge in [-0.1, -0.05) is 29.3 Å². The third-order valence-electron chi connectivity index (χ3n) is 4.84. The molecule has 1 aromatic heterocycles. The van der Waals surface area contributed by atoms with Gasteiger partial charge in [-0.3, -0.25) is 0 Å². The van der Waals surface area contributed by atoms with Gasteiger partial charge in [0.15, 0.2) is 0 Å². The molecule has 0 amide bonds. The number of morpholine rings is 1. The molecule has 3 heterocycles. The van der Waals surface area contributed by atoms with Gasteiger partial charge in [0.1, 0.15) is 0 Å². The SMILES string of the molecule is O=S(=O)(N1CCOCC1)N1CCn2cccc2C1c1ccc(Cl)cc1Cl. The van der Waals surface area contributed by atoms with Gasteiger partial charge in [-0.05, 0) is 29.8 Å². The molecule has 1 atom stereocenters. The van der Waals surface area contributed by atoms with E-state index in [1.165, 1.54) is 4.31 Å². The average molecular weight is 416 g/mol.